The van der Waals surface area contributed by atoms with Gasteiger partial charge in [0.15, 0.2) is 0 Å². The Kier molecular flexibility index (Phi) is 4.25. The zero-order valence-corrected chi connectivity index (χ0v) is 12.9. The van der Waals surface area contributed by atoms with Crippen molar-refractivity contribution in [3.63, 3.8) is 0 Å². The number of benzene rings is 2. The molecule has 2 aromatic carbocycles. The Morgan fingerprint density at radius 2 is 1.86 bits per heavy atom. The maximum atomic E-state index is 12.5. The van der Waals surface area contributed by atoms with E-state index in [-0.39, 0.29) is 11.9 Å². The summed E-state index contributed by atoms with van der Waals surface area (Å²) in [6.45, 7) is 2.51. The molecule has 2 aromatic rings. The third-order valence-corrected chi connectivity index (χ3v) is 4.36. The predicted molar refractivity (Wildman–Crippen MR) is 88.4 cm³/mol. The van der Waals surface area contributed by atoms with E-state index in [1.807, 2.05) is 23.1 Å². The van der Waals surface area contributed by atoms with Crippen LogP contribution in [0.5, 0.6) is 0 Å². The highest BCUT2D eigenvalue weighted by Crippen LogP contribution is 2.32. The third-order valence-electron chi connectivity index (χ3n) is 4.36. The van der Waals surface area contributed by atoms with Crippen molar-refractivity contribution in [2.75, 3.05) is 6.54 Å². The molecule has 3 nitrogen and oxygen atoms in total. The van der Waals surface area contributed by atoms with E-state index in [9.17, 15) is 4.79 Å². The summed E-state index contributed by atoms with van der Waals surface area (Å²) in [6, 6.07) is 18.4. The van der Waals surface area contributed by atoms with Gasteiger partial charge in [-0.1, -0.05) is 54.6 Å². The standard InChI is InChI=1S/C19H22N2O/c1-14(20)19(22)21-12-11-16-9-5-6-10-17(16)18(21)13-15-7-3-2-4-8-15/h2-10,14,18H,11-13,20H2,1H3/t14-,18-/m1/s1. The summed E-state index contributed by atoms with van der Waals surface area (Å²) < 4.78 is 0. The van der Waals surface area contributed by atoms with Crippen LogP contribution < -0.4 is 5.73 Å². The fourth-order valence-corrected chi connectivity index (χ4v) is 3.23. The molecule has 1 aliphatic rings. The van der Waals surface area contributed by atoms with Crippen LogP contribution in [-0.2, 0) is 17.6 Å². The van der Waals surface area contributed by atoms with Crippen LogP contribution in [-0.4, -0.2) is 23.4 Å². The monoisotopic (exact) mass is 294 g/mol. The zero-order chi connectivity index (χ0) is 15.5. The summed E-state index contributed by atoms with van der Waals surface area (Å²) in [5.41, 5.74) is 9.69. The first kappa shape index (κ1) is 14.8. The van der Waals surface area contributed by atoms with Gasteiger partial charge >= 0.3 is 0 Å². The topological polar surface area (TPSA) is 46.3 Å². The molecular weight excluding hydrogens is 272 g/mol. The average Bonchev–Trinajstić information content (AvgIpc) is 2.55. The fourth-order valence-electron chi connectivity index (χ4n) is 3.23. The maximum Gasteiger partial charge on any atom is 0.239 e. The normalized spacial score (nSPS) is 18.6. The van der Waals surface area contributed by atoms with Crippen molar-refractivity contribution in [2.24, 2.45) is 5.73 Å². The summed E-state index contributed by atoms with van der Waals surface area (Å²) in [4.78, 5) is 14.5. The lowest BCUT2D eigenvalue weighted by Gasteiger charge is -2.38. The van der Waals surface area contributed by atoms with Crippen LogP contribution >= 0.6 is 0 Å². The Morgan fingerprint density at radius 3 is 2.59 bits per heavy atom. The van der Waals surface area contributed by atoms with Crippen LogP contribution in [0.15, 0.2) is 54.6 Å². The Bertz CT molecular complexity index is 651. The molecule has 0 fully saturated rings. The van der Waals surface area contributed by atoms with Crippen LogP contribution in [0.25, 0.3) is 0 Å². The van der Waals surface area contributed by atoms with E-state index in [0.29, 0.717) is 0 Å². The van der Waals surface area contributed by atoms with E-state index in [2.05, 4.69) is 36.4 Å². The number of fused-ring (bicyclic) bond motifs is 1. The van der Waals surface area contributed by atoms with Crippen molar-refractivity contribution in [1.82, 2.24) is 4.90 Å². The minimum absolute atomic E-state index is 0.0374. The Labute approximate surface area is 131 Å². The molecule has 3 rings (SSSR count). The van der Waals surface area contributed by atoms with E-state index in [1.54, 1.807) is 6.92 Å². The smallest absolute Gasteiger partial charge is 0.239 e. The van der Waals surface area contributed by atoms with Crippen LogP contribution in [0.1, 0.15) is 29.7 Å². The van der Waals surface area contributed by atoms with Crippen molar-refractivity contribution < 1.29 is 4.79 Å². The molecule has 22 heavy (non-hydrogen) atoms. The number of hydrogen-bond donors (Lipinski definition) is 1. The van der Waals surface area contributed by atoms with Crippen molar-refractivity contribution >= 4 is 5.91 Å². The second-order valence-corrected chi connectivity index (χ2v) is 5.97. The number of hydrogen-bond acceptors (Lipinski definition) is 2. The lowest BCUT2D eigenvalue weighted by molar-refractivity contribution is -0.135. The molecule has 0 spiro atoms. The van der Waals surface area contributed by atoms with Gasteiger partial charge in [0.1, 0.15) is 0 Å². The van der Waals surface area contributed by atoms with E-state index in [4.69, 9.17) is 5.73 Å². The van der Waals surface area contributed by atoms with Crippen molar-refractivity contribution in [2.45, 2.75) is 31.8 Å². The minimum atomic E-state index is -0.455. The van der Waals surface area contributed by atoms with Crippen LogP contribution in [0, 0.1) is 0 Å². The van der Waals surface area contributed by atoms with Crippen LogP contribution in [0.2, 0.25) is 0 Å². The van der Waals surface area contributed by atoms with Crippen molar-refractivity contribution in [1.29, 1.82) is 0 Å². The molecule has 0 unspecified atom stereocenters. The van der Waals surface area contributed by atoms with Gasteiger partial charge in [0.2, 0.25) is 5.91 Å². The van der Waals surface area contributed by atoms with Crippen LogP contribution in [0.4, 0.5) is 0 Å². The van der Waals surface area contributed by atoms with E-state index >= 15 is 0 Å². The summed E-state index contributed by atoms with van der Waals surface area (Å²) in [7, 11) is 0. The molecular formula is C19H22N2O. The van der Waals surface area contributed by atoms with Gasteiger partial charge in [0.25, 0.3) is 0 Å². The molecule has 0 saturated heterocycles. The lowest BCUT2D eigenvalue weighted by Crippen LogP contribution is -2.47. The number of nitrogens with two attached hydrogens (primary N) is 1. The Balaban J connectivity index is 1.96. The second kappa shape index (κ2) is 6.32. The number of amides is 1. The minimum Gasteiger partial charge on any atom is -0.334 e. The quantitative estimate of drug-likeness (QED) is 0.946. The molecule has 3 heteroatoms. The molecule has 0 bridgehead atoms. The van der Waals surface area contributed by atoms with Crippen LogP contribution in [0.3, 0.4) is 0 Å². The number of carbonyl (C=O) groups excluding carboxylic acids is 1. The first-order chi connectivity index (χ1) is 10.7. The maximum absolute atomic E-state index is 12.5. The van der Waals surface area contributed by atoms with E-state index in [0.717, 1.165) is 19.4 Å². The summed E-state index contributed by atoms with van der Waals surface area (Å²) in [5, 5.41) is 0. The van der Waals surface area contributed by atoms with Gasteiger partial charge in [0, 0.05) is 6.54 Å². The highest BCUT2D eigenvalue weighted by molar-refractivity contribution is 5.82. The zero-order valence-electron chi connectivity index (χ0n) is 12.9. The molecule has 1 heterocycles. The average molecular weight is 294 g/mol. The summed E-state index contributed by atoms with van der Waals surface area (Å²) in [5.74, 6) is 0.0374. The number of rotatable bonds is 3. The molecule has 1 aliphatic heterocycles. The van der Waals surface area contributed by atoms with Crippen molar-refractivity contribution in [3.05, 3.63) is 71.3 Å². The fraction of sp³-hybridized carbons (Fsp3) is 0.316. The molecule has 0 saturated carbocycles. The van der Waals surface area contributed by atoms with Gasteiger partial charge in [-0.05, 0) is 36.5 Å². The van der Waals surface area contributed by atoms with Gasteiger partial charge in [-0.25, -0.2) is 0 Å². The predicted octanol–water partition coefficient (Wildman–Crippen LogP) is 2.70. The summed E-state index contributed by atoms with van der Waals surface area (Å²) in [6.07, 6.45) is 1.73. The van der Waals surface area contributed by atoms with Gasteiger partial charge in [0.05, 0.1) is 12.1 Å². The van der Waals surface area contributed by atoms with Crippen molar-refractivity contribution in [3.8, 4) is 0 Å². The first-order valence-electron chi connectivity index (χ1n) is 7.84. The van der Waals surface area contributed by atoms with E-state index in [1.165, 1.54) is 16.7 Å². The molecule has 2 atom stereocenters. The SMILES string of the molecule is C[C@@H](N)C(=O)N1CCc2ccccc2[C@H]1Cc1ccccc1. The molecule has 0 aromatic heterocycles. The largest absolute Gasteiger partial charge is 0.334 e. The number of nitrogens with zero attached hydrogens (tertiary/aromatic N) is 1. The third kappa shape index (κ3) is 2.90. The highest BCUT2D eigenvalue weighted by Gasteiger charge is 2.31. The Morgan fingerprint density at radius 1 is 1.18 bits per heavy atom. The van der Waals surface area contributed by atoms with Gasteiger partial charge < -0.3 is 10.6 Å². The van der Waals surface area contributed by atoms with Gasteiger partial charge in [-0.3, -0.25) is 4.79 Å². The first-order valence-corrected chi connectivity index (χ1v) is 7.84. The molecule has 0 aliphatic carbocycles. The molecule has 2 N–H and O–H groups in total. The Hall–Kier alpha value is -2.13. The van der Waals surface area contributed by atoms with Gasteiger partial charge in [-0.2, -0.15) is 0 Å². The molecule has 114 valence electrons. The lowest BCUT2D eigenvalue weighted by atomic mass is 9.88. The van der Waals surface area contributed by atoms with E-state index < -0.39 is 6.04 Å². The van der Waals surface area contributed by atoms with Gasteiger partial charge in [-0.15, -0.1) is 0 Å². The number of carbonyl (C=O) groups is 1. The molecule has 1 amide bonds. The second-order valence-electron chi connectivity index (χ2n) is 5.97. The summed E-state index contributed by atoms with van der Waals surface area (Å²) >= 11 is 0. The highest BCUT2D eigenvalue weighted by atomic mass is 16.2. The molecule has 0 radical (unpaired) electrons.